The molecule has 4 heterocycles. The quantitative estimate of drug-likeness (QED) is 0.325. The second-order valence-corrected chi connectivity index (χ2v) is 13.2. The van der Waals surface area contributed by atoms with Crippen LogP contribution in [0.4, 0.5) is 0 Å². The summed E-state index contributed by atoms with van der Waals surface area (Å²) < 4.78 is -1.30. The molecule has 2 saturated heterocycles. The van der Waals surface area contributed by atoms with Gasteiger partial charge in [0.2, 0.25) is 17.7 Å². The Hall–Kier alpha value is -1.80. The van der Waals surface area contributed by atoms with Gasteiger partial charge >= 0.3 is 0 Å². The number of thioether (sulfide) groups is 1. The van der Waals surface area contributed by atoms with E-state index in [1.165, 1.54) is 0 Å². The fourth-order valence-electron chi connectivity index (χ4n) is 7.02. The van der Waals surface area contributed by atoms with Crippen LogP contribution >= 0.6 is 11.8 Å². The Morgan fingerprint density at radius 3 is 2.38 bits per heavy atom. The maximum absolute atomic E-state index is 14.3. The van der Waals surface area contributed by atoms with Crippen molar-refractivity contribution in [1.82, 2.24) is 14.7 Å². The van der Waals surface area contributed by atoms with Crippen molar-refractivity contribution in [3.8, 4) is 0 Å². The minimum absolute atomic E-state index is 0.0200. The Balaban J connectivity index is 1.75. The van der Waals surface area contributed by atoms with E-state index in [1.54, 1.807) is 11.8 Å². The van der Waals surface area contributed by atoms with Gasteiger partial charge in [-0.2, -0.15) is 0 Å². The molecule has 0 saturated carbocycles. The monoisotopic (exact) mass is 531 g/mol. The molecule has 1 N–H and O–H groups in total. The Morgan fingerprint density at radius 2 is 1.68 bits per heavy atom. The number of aliphatic hydroxyl groups is 1. The van der Waals surface area contributed by atoms with Gasteiger partial charge in [0.15, 0.2) is 0 Å². The standard InChI is InChI=1S/C29H45N3O4S/c1-5-13-21(3)31-19-12-15-29-23(22-25(34)30(16-6-2)17-11-14-28(22,4)37-29)26(35)32(24(29)27(31)36)18-9-7-8-10-20-33/h11-12,14-15,21-24,33H,5-10,13,16-20H2,1-4H3/t21?,22-,23+,24?,28+,29+/m1/s1. The maximum Gasteiger partial charge on any atom is 0.247 e. The van der Waals surface area contributed by atoms with Crippen LogP contribution in [0.15, 0.2) is 24.3 Å². The summed E-state index contributed by atoms with van der Waals surface area (Å²) in [5.74, 6) is -1.03. The number of carbonyl (C=O) groups excluding carboxylic acids is 3. The number of aliphatic hydroxyl groups excluding tert-OH is 1. The van der Waals surface area contributed by atoms with Crippen molar-refractivity contribution in [1.29, 1.82) is 0 Å². The molecule has 4 aliphatic rings. The molecule has 0 bridgehead atoms. The number of hydrogen-bond donors (Lipinski definition) is 1. The van der Waals surface area contributed by atoms with E-state index in [4.69, 9.17) is 5.11 Å². The first-order valence-corrected chi connectivity index (χ1v) is 15.1. The molecule has 7 nitrogen and oxygen atoms in total. The Morgan fingerprint density at radius 1 is 0.946 bits per heavy atom. The fourth-order valence-corrected chi connectivity index (χ4v) is 9.18. The molecule has 4 rings (SSSR count). The first-order valence-electron chi connectivity index (χ1n) is 14.3. The minimum Gasteiger partial charge on any atom is -0.396 e. The maximum atomic E-state index is 14.3. The van der Waals surface area contributed by atoms with E-state index in [0.717, 1.165) is 44.9 Å². The topological polar surface area (TPSA) is 81.2 Å². The summed E-state index contributed by atoms with van der Waals surface area (Å²) in [6.45, 7) is 10.8. The summed E-state index contributed by atoms with van der Waals surface area (Å²) in [4.78, 5) is 48.3. The summed E-state index contributed by atoms with van der Waals surface area (Å²) in [6, 6.07) is -0.512. The molecule has 3 amide bonds. The number of unbranched alkanes of at least 4 members (excludes halogenated alkanes) is 3. The molecule has 8 heteroatoms. The van der Waals surface area contributed by atoms with Crippen LogP contribution in [0.2, 0.25) is 0 Å². The van der Waals surface area contributed by atoms with Crippen molar-refractivity contribution >= 4 is 29.5 Å². The molecule has 6 atom stereocenters. The van der Waals surface area contributed by atoms with E-state index in [9.17, 15) is 14.4 Å². The normalized spacial score (nSPS) is 33.9. The van der Waals surface area contributed by atoms with E-state index < -0.39 is 27.4 Å². The first kappa shape index (κ1) is 28.2. The lowest BCUT2D eigenvalue weighted by Crippen LogP contribution is -2.55. The summed E-state index contributed by atoms with van der Waals surface area (Å²) in [5, 5.41) is 9.15. The third-order valence-corrected chi connectivity index (χ3v) is 10.5. The number of fused-ring (bicyclic) bond motifs is 2. The van der Waals surface area contributed by atoms with Gasteiger partial charge in [-0.25, -0.2) is 0 Å². The van der Waals surface area contributed by atoms with Crippen molar-refractivity contribution in [2.75, 3.05) is 32.8 Å². The molecule has 37 heavy (non-hydrogen) atoms. The largest absolute Gasteiger partial charge is 0.396 e. The average Bonchev–Trinajstić information content (AvgIpc) is 3.12. The summed E-state index contributed by atoms with van der Waals surface area (Å²) in [6.07, 6.45) is 14.5. The van der Waals surface area contributed by atoms with Gasteiger partial charge in [0.1, 0.15) is 6.04 Å². The second kappa shape index (κ2) is 11.5. The highest BCUT2D eigenvalue weighted by atomic mass is 32.2. The summed E-state index contributed by atoms with van der Waals surface area (Å²) >= 11 is 1.67. The molecule has 0 radical (unpaired) electrons. The molecule has 0 aromatic carbocycles. The van der Waals surface area contributed by atoms with Crippen molar-refractivity contribution in [2.24, 2.45) is 11.8 Å². The number of likely N-dealkylation sites (tertiary alicyclic amines) is 1. The molecule has 0 aromatic rings. The van der Waals surface area contributed by atoms with Crippen molar-refractivity contribution in [3.05, 3.63) is 24.3 Å². The van der Waals surface area contributed by atoms with Gasteiger partial charge in [0.25, 0.3) is 0 Å². The highest BCUT2D eigenvalue weighted by molar-refractivity contribution is 8.02. The van der Waals surface area contributed by atoms with Gasteiger partial charge in [0.05, 0.1) is 16.6 Å². The van der Waals surface area contributed by atoms with E-state index >= 15 is 0 Å². The molecular formula is C29H45N3O4S. The third kappa shape index (κ3) is 4.88. The van der Waals surface area contributed by atoms with Gasteiger partial charge in [-0.15, -0.1) is 11.8 Å². The lowest BCUT2D eigenvalue weighted by molar-refractivity contribution is -0.145. The van der Waals surface area contributed by atoms with Crippen molar-refractivity contribution in [2.45, 2.75) is 94.2 Å². The Kier molecular flexibility index (Phi) is 8.79. The van der Waals surface area contributed by atoms with Crippen LogP contribution < -0.4 is 0 Å². The minimum atomic E-state index is -0.755. The van der Waals surface area contributed by atoms with Crippen LogP contribution in [0.1, 0.15) is 72.6 Å². The highest BCUT2D eigenvalue weighted by Gasteiger charge is 2.73. The van der Waals surface area contributed by atoms with E-state index in [2.05, 4.69) is 52.0 Å². The van der Waals surface area contributed by atoms with Gasteiger partial charge in [-0.1, -0.05) is 57.4 Å². The number of carbonyl (C=O) groups is 3. The smallest absolute Gasteiger partial charge is 0.247 e. The van der Waals surface area contributed by atoms with Crippen molar-refractivity contribution < 1.29 is 19.5 Å². The number of amides is 3. The Labute approximate surface area is 226 Å². The van der Waals surface area contributed by atoms with Crippen LogP contribution in [0, 0.1) is 11.8 Å². The second-order valence-electron chi connectivity index (χ2n) is 11.4. The van der Waals surface area contributed by atoms with Crippen LogP contribution in [-0.2, 0) is 14.4 Å². The molecule has 1 spiro atoms. The first-order chi connectivity index (χ1) is 17.8. The highest BCUT2D eigenvalue weighted by Crippen LogP contribution is 2.65. The van der Waals surface area contributed by atoms with Crippen LogP contribution in [0.25, 0.3) is 0 Å². The van der Waals surface area contributed by atoms with Gasteiger partial charge in [0, 0.05) is 43.6 Å². The van der Waals surface area contributed by atoms with Gasteiger partial charge in [-0.05, 0) is 39.5 Å². The molecule has 206 valence electrons. The molecule has 0 aliphatic carbocycles. The molecular weight excluding hydrogens is 486 g/mol. The zero-order valence-corrected chi connectivity index (χ0v) is 23.8. The van der Waals surface area contributed by atoms with Crippen LogP contribution in [0.5, 0.6) is 0 Å². The van der Waals surface area contributed by atoms with Gasteiger partial charge in [-0.3, -0.25) is 14.4 Å². The lowest BCUT2D eigenvalue weighted by Gasteiger charge is -2.38. The zero-order chi connectivity index (χ0) is 26.8. The van der Waals surface area contributed by atoms with E-state index in [-0.39, 0.29) is 30.4 Å². The number of rotatable bonds is 11. The SMILES string of the molecule is CCCC(C)N1CC=C[C@]23S[C@@]4(C)C=CCN(CCC)C(=O)[C@H]4[C@H]2C(=O)N(CCCCCCO)C3C1=O. The number of nitrogens with zero attached hydrogens (tertiary/aromatic N) is 3. The summed E-state index contributed by atoms with van der Waals surface area (Å²) in [5.41, 5.74) is 0. The van der Waals surface area contributed by atoms with Crippen LogP contribution in [-0.4, -0.2) is 91.9 Å². The van der Waals surface area contributed by atoms with Crippen molar-refractivity contribution in [3.63, 3.8) is 0 Å². The van der Waals surface area contributed by atoms with Gasteiger partial charge < -0.3 is 19.8 Å². The average molecular weight is 532 g/mol. The zero-order valence-electron chi connectivity index (χ0n) is 23.0. The summed E-state index contributed by atoms with van der Waals surface area (Å²) in [7, 11) is 0. The lowest BCUT2D eigenvalue weighted by atomic mass is 9.74. The molecule has 4 aliphatic heterocycles. The number of hydrogen-bond acceptors (Lipinski definition) is 5. The Bertz CT molecular complexity index is 938. The fraction of sp³-hybridized carbons (Fsp3) is 0.759. The van der Waals surface area contributed by atoms with E-state index in [1.807, 2.05) is 14.7 Å². The molecule has 2 unspecified atom stereocenters. The molecule has 0 aromatic heterocycles. The van der Waals surface area contributed by atoms with E-state index in [0.29, 0.717) is 26.2 Å². The predicted octanol–water partition coefficient (Wildman–Crippen LogP) is 3.62. The van der Waals surface area contributed by atoms with Crippen LogP contribution in [0.3, 0.4) is 0 Å². The molecule has 2 fully saturated rings. The third-order valence-electron chi connectivity index (χ3n) is 8.71. The predicted molar refractivity (Wildman–Crippen MR) is 148 cm³/mol.